The van der Waals surface area contributed by atoms with Crippen molar-refractivity contribution in [3.05, 3.63) is 57.3 Å². The molecule has 0 saturated heterocycles. The van der Waals surface area contributed by atoms with Gasteiger partial charge in [0.05, 0.1) is 6.04 Å². The number of hydrogen-bond donors (Lipinski definition) is 1. The molecule has 2 atom stereocenters. The number of benzene rings is 1. The third-order valence-electron chi connectivity index (χ3n) is 4.22. The number of halogens is 2. The van der Waals surface area contributed by atoms with E-state index in [2.05, 4.69) is 23.8 Å². The van der Waals surface area contributed by atoms with E-state index in [9.17, 15) is 0 Å². The molecule has 0 spiro atoms. The van der Waals surface area contributed by atoms with Crippen molar-refractivity contribution in [3.63, 3.8) is 0 Å². The highest BCUT2D eigenvalue weighted by molar-refractivity contribution is 6.35. The Morgan fingerprint density at radius 3 is 2.85 bits per heavy atom. The molecule has 1 aromatic heterocycles. The van der Waals surface area contributed by atoms with Crippen LogP contribution in [0.3, 0.4) is 0 Å². The van der Waals surface area contributed by atoms with Gasteiger partial charge in [-0.1, -0.05) is 29.3 Å². The fourth-order valence-electron chi connectivity index (χ4n) is 3.10. The van der Waals surface area contributed by atoms with Crippen molar-refractivity contribution in [2.45, 2.75) is 38.3 Å². The van der Waals surface area contributed by atoms with Crippen LogP contribution in [0, 0.1) is 0 Å². The molecule has 1 heterocycles. The summed E-state index contributed by atoms with van der Waals surface area (Å²) in [6.07, 6.45) is 5.45. The predicted octanol–water partition coefficient (Wildman–Crippen LogP) is 4.74. The Bertz CT molecular complexity index is 633. The Morgan fingerprint density at radius 2 is 2.10 bits per heavy atom. The standard InChI is InChI=1S/C16H18Cl2N2/c1-10(12-6-5-11(17)9-14(12)18)20-8-7-13-15(19)3-2-4-16(13)20/h5-10,15H,2-4,19H2,1H3. The van der Waals surface area contributed by atoms with Crippen molar-refractivity contribution >= 4 is 23.2 Å². The maximum Gasteiger partial charge on any atom is 0.0569 e. The molecule has 1 aromatic carbocycles. The average molecular weight is 309 g/mol. The summed E-state index contributed by atoms with van der Waals surface area (Å²) in [7, 11) is 0. The summed E-state index contributed by atoms with van der Waals surface area (Å²) in [6, 6.07) is 8.21. The molecular formula is C16H18Cl2N2. The van der Waals surface area contributed by atoms with E-state index < -0.39 is 0 Å². The van der Waals surface area contributed by atoms with Gasteiger partial charge in [-0.2, -0.15) is 0 Å². The molecule has 2 unspecified atom stereocenters. The molecule has 0 fully saturated rings. The van der Waals surface area contributed by atoms with Gasteiger partial charge in [0.15, 0.2) is 0 Å². The lowest BCUT2D eigenvalue weighted by Gasteiger charge is -2.24. The first-order valence-corrected chi connectivity index (χ1v) is 7.73. The van der Waals surface area contributed by atoms with Gasteiger partial charge >= 0.3 is 0 Å². The topological polar surface area (TPSA) is 30.9 Å². The molecule has 0 bridgehead atoms. The first-order chi connectivity index (χ1) is 9.58. The van der Waals surface area contributed by atoms with Crippen LogP contribution >= 0.6 is 23.2 Å². The lowest BCUT2D eigenvalue weighted by atomic mass is 9.93. The summed E-state index contributed by atoms with van der Waals surface area (Å²) in [5.74, 6) is 0. The second-order valence-corrected chi connectivity index (χ2v) is 6.31. The monoisotopic (exact) mass is 308 g/mol. The van der Waals surface area contributed by atoms with Crippen LogP contribution in [0.4, 0.5) is 0 Å². The molecule has 106 valence electrons. The van der Waals surface area contributed by atoms with Crippen molar-refractivity contribution < 1.29 is 0 Å². The van der Waals surface area contributed by atoms with Crippen LogP contribution in [-0.4, -0.2) is 4.57 Å². The van der Waals surface area contributed by atoms with Crippen molar-refractivity contribution in [3.8, 4) is 0 Å². The number of rotatable bonds is 2. The molecule has 4 heteroatoms. The van der Waals surface area contributed by atoms with Gasteiger partial charge in [-0.3, -0.25) is 0 Å². The molecule has 3 rings (SSSR count). The zero-order valence-corrected chi connectivity index (χ0v) is 13.0. The molecule has 20 heavy (non-hydrogen) atoms. The number of fused-ring (bicyclic) bond motifs is 1. The lowest BCUT2D eigenvalue weighted by molar-refractivity contribution is 0.526. The van der Waals surface area contributed by atoms with E-state index >= 15 is 0 Å². The minimum absolute atomic E-state index is 0.174. The Hall–Kier alpha value is -0.960. The second kappa shape index (κ2) is 5.44. The van der Waals surface area contributed by atoms with Crippen LogP contribution in [-0.2, 0) is 6.42 Å². The summed E-state index contributed by atoms with van der Waals surface area (Å²) >= 11 is 12.3. The fourth-order valence-corrected chi connectivity index (χ4v) is 3.67. The van der Waals surface area contributed by atoms with Gasteiger partial charge in [0.25, 0.3) is 0 Å². The maximum absolute atomic E-state index is 6.33. The smallest absolute Gasteiger partial charge is 0.0569 e. The van der Waals surface area contributed by atoms with Crippen molar-refractivity contribution in [1.82, 2.24) is 4.57 Å². The summed E-state index contributed by atoms with van der Waals surface area (Å²) in [5.41, 5.74) is 9.92. The quantitative estimate of drug-likeness (QED) is 0.853. The minimum atomic E-state index is 0.174. The highest BCUT2D eigenvalue weighted by atomic mass is 35.5. The third kappa shape index (κ3) is 2.37. The maximum atomic E-state index is 6.33. The first kappa shape index (κ1) is 14.0. The minimum Gasteiger partial charge on any atom is -0.344 e. The van der Waals surface area contributed by atoms with Crippen molar-refractivity contribution in [2.24, 2.45) is 5.73 Å². The van der Waals surface area contributed by atoms with Crippen molar-refractivity contribution in [1.29, 1.82) is 0 Å². The zero-order chi connectivity index (χ0) is 14.3. The molecule has 1 aliphatic rings. The van der Waals surface area contributed by atoms with Gasteiger partial charge in [-0.15, -0.1) is 0 Å². The fraction of sp³-hybridized carbons (Fsp3) is 0.375. The van der Waals surface area contributed by atoms with E-state index in [0.717, 1.165) is 24.8 Å². The molecular weight excluding hydrogens is 291 g/mol. The number of nitrogens with zero attached hydrogens (tertiary/aromatic N) is 1. The second-order valence-electron chi connectivity index (χ2n) is 5.47. The zero-order valence-electron chi connectivity index (χ0n) is 11.4. The van der Waals surface area contributed by atoms with E-state index in [-0.39, 0.29) is 12.1 Å². The molecule has 2 aromatic rings. The van der Waals surface area contributed by atoms with Gasteiger partial charge in [0.2, 0.25) is 0 Å². The molecule has 0 saturated carbocycles. The van der Waals surface area contributed by atoms with Crippen molar-refractivity contribution in [2.75, 3.05) is 0 Å². The Morgan fingerprint density at radius 1 is 1.30 bits per heavy atom. The SMILES string of the molecule is CC(c1ccc(Cl)cc1Cl)n1ccc2c1CCCC2N. The number of hydrogen-bond acceptors (Lipinski definition) is 1. The number of aromatic nitrogens is 1. The van der Waals surface area contributed by atoms with Crippen LogP contribution in [0.15, 0.2) is 30.5 Å². The Labute approximate surface area is 129 Å². The van der Waals surface area contributed by atoms with Gasteiger partial charge in [-0.05, 0) is 55.5 Å². The van der Waals surface area contributed by atoms with Crippen LogP contribution < -0.4 is 5.73 Å². The molecule has 2 nitrogen and oxygen atoms in total. The van der Waals surface area contributed by atoms with Gasteiger partial charge < -0.3 is 10.3 Å². The molecule has 0 radical (unpaired) electrons. The van der Waals surface area contributed by atoms with E-state index in [0.29, 0.717) is 10.0 Å². The van der Waals surface area contributed by atoms with Gasteiger partial charge in [0, 0.05) is 28.0 Å². The van der Waals surface area contributed by atoms with E-state index in [1.165, 1.54) is 11.3 Å². The van der Waals surface area contributed by atoms with E-state index in [1.807, 2.05) is 12.1 Å². The van der Waals surface area contributed by atoms with E-state index in [4.69, 9.17) is 28.9 Å². The largest absolute Gasteiger partial charge is 0.344 e. The Balaban J connectivity index is 2.01. The molecule has 0 amide bonds. The molecule has 1 aliphatic carbocycles. The summed E-state index contributed by atoms with van der Waals surface area (Å²) in [5, 5.41) is 1.38. The van der Waals surface area contributed by atoms with Gasteiger partial charge in [-0.25, -0.2) is 0 Å². The van der Waals surface area contributed by atoms with Crippen LogP contribution in [0.25, 0.3) is 0 Å². The van der Waals surface area contributed by atoms with Crippen LogP contribution in [0.1, 0.15) is 48.7 Å². The van der Waals surface area contributed by atoms with Crippen LogP contribution in [0.5, 0.6) is 0 Å². The third-order valence-corrected chi connectivity index (χ3v) is 4.78. The van der Waals surface area contributed by atoms with E-state index in [1.54, 1.807) is 6.07 Å². The molecule has 0 aliphatic heterocycles. The lowest BCUT2D eigenvalue weighted by Crippen LogP contribution is -2.19. The highest BCUT2D eigenvalue weighted by Gasteiger charge is 2.23. The number of nitrogens with two attached hydrogens (primary N) is 1. The normalized spacial score (nSPS) is 19.7. The average Bonchev–Trinajstić information content (AvgIpc) is 2.83. The molecule has 2 N–H and O–H groups in total. The summed E-state index contributed by atoms with van der Waals surface area (Å²) < 4.78 is 2.30. The summed E-state index contributed by atoms with van der Waals surface area (Å²) in [4.78, 5) is 0. The first-order valence-electron chi connectivity index (χ1n) is 6.98. The van der Waals surface area contributed by atoms with Crippen LogP contribution in [0.2, 0.25) is 10.0 Å². The summed E-state index contributed by atoms with van der Waals surface area (Å²) in [6.45, 7) is 2.16. The van der Waals surface area contributed by atoms with Gasteiger partial charge in [0.1, 0.15) is 0 Å². The highest BCUT2D eigenvalue weighted by Crippen LogP contribution is 2.34. The predicted molar refractivity (Wildman–Crippen MR) is 84.6 cm³/mol. The Kier molecular flexibility index (Phi) is 3.80.